The fourth-order valence-corrected chi connectivity index (χ4v) is 2.09. The lowest BCUT2D eigenvalue weighted by Crippen LogP contribution is -2.41. The Kier molecular flexibility index (Phi) is 4.57. The van der Waals surface area contributed by atoms with Gasteiger partial charge in [-0.15, -0.1) is 0 Å². The largest absolute Gasteiger partial charge is 0.488 e. The number of carbonyl (C=O) groups excluding carboxylic acids is 1. The molecule has 0 atom stereocenters. The highest BCUT2D eigenvalue weighted by molar-refractivity contribution is 9.10. The summed E-state index contributed by atoms with van der Waals surface area (Å²) in [6, 6.07) is 4.90. The third-order valence-corrected chi connectivity index (χ3v) is 3.25. The molecule has 19 heavy (non-hydrogen) atoms. The number of carbonyl (C=O) groups is 1. The number of hydrogen-bond acceptors (Lipinski definition) is 4. The number of amides is 1. The van der Waals surface area contributed by atoms with Crippen molar-refractivity contribution in [3.8, 4) is 5.75 Å². The summed E-state index contributed by atoms with van der Waals surface area (Å²) in [5.74, 6) is 0.374. The van der Waals surface area contributed by atoms with Gasteiger partial charge in [0.1, 0.15) is 12.4 Å². The maximum Gasteiger partial charge on any atom is 0.251 e. The molecule has 1 amide bonds. The summed E-state index contributed by atoms with van der Waals surface area (Å²) >= 11 is 3.36. The van der Waals surface area contributed by atoms with E-state index in [-0.39, 0.29) is 25.7 Å². The number of nitrogens with one attached hydrogen (secondary N) is 1. The Morgan fingerprint density at radius 1 is 1.42 bits per heavy atom. The summed E-state index contributed by atoms with van der Waals surface area (Å²) in [4.78, 5) is 11.9. The summed E-state index contributed by atoms with van der Waals surface area (Å²) in [7, 11) is 0. The Morgan fingerprint density at radius 3 is 2.84 bits per heavy atom. The minimum Gasteiger partial charge on any atom is -0.488 e. The van der Waals surface area contributed by atoms with E-state index in [4.69, 9.17) is 14.9 Å². The van der Waals surface area contributed by atoms with Crippen molar-refractivity contribution >= 4 is 27.9 Å². The molecule has 3 N–H and O–H groups in total. The third kappa shape index (κ3) is 3.34. The molecule has 0 radical (unpaired) electrons. The van der Waals surface area contributed by atoms with E-state index in [0.717, 1.165) is 15.8 Å². The first-order valence-electron chi connectivity index (χ1n) is 5.79. The van der Waals surface area contributed by atoms with Crippen molar-refractivity contribution in [1.29, 1.82) is 0 Å². The molecule has 0 saturated heterocycles. The van der Waals surface area contributed by atoms with Crippen LogP contribution in [0, 0.1) is 0 Å². The second-order valence-corrected chi connectivity index (χ2v) is 5.09. The number of rotatable bonds is 4. The van der Waals surface area contributed by atoms with Crippen LogP contribution in [-0.2, 0) is 4.79 Å². The summed E-state index contributed by atoms with van der Waals surface area (Å²) in [6.07, 6.45) is 1.74. The highest BCUT2D eigenvalue weighted by Gasteiger charge is 2.19. The predicted molar refractivity (Wildman–Crippen MR) is 73.7 cm³/mol. The van der Waals surface area contributed by atoms with Crippen molar-refractivity contribution in [3.63, 3.8) is 0 Å². The fourth-order valence-electron chi connectivity index (χ4n) is 1.71. The second-order valence-electron chi connectivity index (χ2n) is 4.18. The van der Waals surface area contributed by atoms with Crippen LogP contribution in [0.5, 0.6) is 5.75 Å². The predicted octanol–water partition coefficient (Wildman–Crippen LogP) is 0.694. The van der Waals surface area contributed by atoms with E-state index in [9.17, 15) is 4.79 Å². The Hall–Kier alpha value is -1.37. The first kappa shape index (κ1) is 14.0. The van der Waals surface area contributed by atoms with Crippen LogP contribution in [0.3, 0.4) is 0 Å². The third-order valence-electron chi connectivity index (χ3n) is 2.75. The normalized spacial score (nSPS) is 13.6. The van der Waals surface area contributed by atoms with Crippen LogP contribution in [0.25, 0.3) is 6.08 Å². The lowest BCUT2D eigenvalue weighted by molar-refractivity contribution is -0.119. The zero-order valence-electron chi connectivity index (χ0n) is 10.1. The Balaban J connectivity index is 2.16. The van der Waals surface area contributed by atoms with Gasteiger partial charge in [0.15, 0.2) is 0 Å². The van der Waals surface area contributed by atoms with Crippen molar-refractivity contribution in [2.75, 3.05) is 19.8 Å². The van der Waals surface area contributed by atoms with Gasteiger partial charge in [0.2, 0.25) is 0 Å². The molecule has 6 heteroatoms. The number of aliphatic hydroxyl groups is 2. The number of halogens is 1. The lowest BCUT2D eigenvalue weighted by atomic mass is 10.1. The molecule has 0 aromatic heterocycles. The summed E-state index contributed by atoms with van der Waals surface area (Å²) in [5.41, 5.74) is 1.27. The number of hydrogen-bond donors (Lipinski definition) is 3. The molecule has 1 heterocycles. The van der Waals surface area contributed by atoms with Crippen LogP contribution in [-0.4, -0.2) is 42.0 Å². The molecular weight excluding hydrogens is 314 g/mol. The summed E-state index contributed by atoms with van der Waals surface area (Å²) in [5, 5.41) is 20.4. The van der Waals surface area contributed by atoms with Gasteiger partial charge >= 0.3 is 0 Å². The molecule has 102 valence electrons. The second kappa shape index (κ2) is 6.18. The number of fused-ring (bicyclic) bond motifs is 1. The zero-order chi connectivity index (χ0) is 13.8. The molecular formula is C13H14BrNO4. The molecule has 5 nitrogen and oxygen atoms in total. The minimum absolute atomic E-state index is 0.171. The van der Waals surface area contributed by atoms with Gasteiger partial charge in [0.25, 0.3) is 5.91 Å². The quantitative estimate of drug-likeness (QED) is 0.760. The van der Waals surface area contributed by atoms with Crippen molar-refractivity contribution in [2.45, 2.75) is 6.04 Å². The SMILES string of the molecule is O=C(NC(CO)CO)C1=Cc2cc(Br)ccc2OC1. The number of benzene rings is 1. The molecule has 1 aromatic rings. The van der Waals surface area contributed by atoms with E-state index < -0.39 is 6.04 Å². The van der Waals surface area contributed by atoms with Crippen LogP contribution in [0.4, 0.5) is 0 Å². The van der Waals surface area contributed by atoms with Gasteiger partial charge in [-0.2, -0.15) is 0 Å². The summed E-state index contributed by atoms with van der Waals surface area (Å²) < 4.78 is 6.39. The van der Waals surface area contributed by atoms with Crippen molar-refractivity contribution < 1.29 is 19.7 Å². The molecule has 0 spiro atoms. The Morgan fingerprint density at radius 2 is 2.16 bits per heavy atom. The first-order chi connectivity index (χ1) is 9.13. The average molecular weight is 328 g/mol. The molecule has 0 fully saturated rings. The van der Waals surface area contributed by atoms with Gasteiger partial charge in [-0.1, -0.05) is 15.9 Å². The highest BCUT2D eigenvalue weighted by atomic mass is 79.9. The van der Waals surface area contributed by atoms with E-state index in [1.807, 2.05) is 18.2 Å². The van der Waals surface area contributed by atoms with Gasteiger partial charge in [0, 0.05) is 10.0 Å². The summed E-state index contributed by atoms with van der Waals surface area (Å²) in [6.45, 7) is -0.443. The van der Waals surface area contributed by atoms with Crippen LogP contribution in [0.15, 0.2) is 28.2 Å². The molecule has 1 aliphatic rings. The Labute approximate surface area is 119 Å². The lowest BCUT2D eigenvalue weighted by Gasteiger charge is -2.20. The Bertz CT molecular complexity index is 511. The van der Waals surface area contributed by atoms with Crippen molar-refractivity contribution in [2.24, 2.45) is 0 Å². The monoisotopic (exact) mass is 327 g/mol. The van der Waals surface area contributed by atoms with E-state index in [1.54, 1.807) is 6.08 Å². The minimum atomic E-state index is -0.655. The standard InChI is InChI=1S/C13H14BrNO4/c14-10-1-2-12-8(4-10)3-9(7-19-12)13(18)15-11(5-16)6-17/h1-4,11,16-17H,5-7H2,(H,15,18). The van der Waals surface area contributed by atoms with Crippen LogP contribution in [0.2, 0.25) is 0 Å². The maximum atomic E-state index is 11.9. The molecule has 0 bridgehead atoms. The topological polar surface area (TPSA) is 78.8 Å². The molecule has 0 aliphatic carbocycles. The van der Waals surface area contributed by atoms with E-state index in [0.29, 0.717) is 5.57 Å². The van der Waals surface area contributed by atoms with E-state index >= 15 is 0 Å². The molecule has 0 saturated carbocycles. The number of aliphatic hydroxyl groups excluding tert-OH is 2. The van der Waals surface area contributed by atoms with Gasteiger partial charge in [0.05, 0.1) is 24.8 Å². The van der Waals surface area contributed by atoms with Gasteiger partial charge in [-0.3, -0.25) is 4.79 Å². The van der Waals surface area contributed by atoms with Crippen molar-refractivity contribution in [1.82, 2.24) is 5.32 Å². The maximum absolute atomic E-state index is 11.9. The van der Waals surface area contributed by atoms with Gasteiger partial charge in [-0.05, 0) is 24.3 Å². The van der Waals surface area contributed by atoms with Crippen molar-refractivity contribution in [3.05, 3.63) is 33.8 Å². The van der Waals surface area contributed by atoms with Gasteiger partial charge < -0.3 is 20.3 Å². The first-order valence-corrected chi connectivity index (χ1v) is 6.59. The smallest absolute Gasteiger partial charge is 0.251 e. The van der Waals surface area contributed by atoms with Crippen LogP contribution >= 0.6 is 15.9 Å². The zero-order valence-corrected chi connectivity index (χ0v) is 11.7. The van der Waals surface area contributed by atoms with E-state index in [2.05, 4.69) is 21.2 Å². The highest BCUT2D eigenvalue weighted by Crippen LogP contribution is 2.29. The fraction of sp³-hybridized carbons (Fsp3) is 0.308. The molecule has 0 unspecified atom stereocenters. The van der Waals surface area contributed by atoms with E-state index in [1.165, 1.54) is 0 Å². The molecule has 2 rings (SSSR count). The van der Waals surface area contributed by atoms with Crippen LogP contribution in [0.1, 0.15) is 5.56 Å². The molecule has 1 aromatic carbocycles. The number of ether oxygens (including phenoxy) is 1. The van der Waals surface area contributed by atoms with Gasteiger partial charge in [-0.25, -0.2) is 0 Å². The molecule has 1 aliphatic heterocycles. The average Bonchev–Trinajstić information content (AvgIpc) is 2.43. The van der Waals surface area contributed by atoms with Crippen LogP contribution < -0.4 is 10.1 Å².